The van der Waals surface area contributed by atoms with E-state index in [-0.39, 0.29) is 36.4 Å². The molecule has 0 bridgehead atoms. The summed E-state index contributed by atoms with van der Waals surface area (Å²) >= 11 is 0. The first-order valence-corrected chi connectivity index (χ1v) is 11.9. The molecule has 3 aromatic rings. The topological polar surface area (TPSA) is 78.2 Å². The van der Waals surface area contributed by atoms with Crippen molar-refractivity contribution in [3.63, 3.8) is 0 Å². The summed E-state index contributed by atoms with van der Waals surface area (Å²) in [5.74, 6) is -2.27. The van der Waals surface area contributed by atoms with Gasteiger partial charge in [0.25, 0.3) is 5.91 Å². The molecule has 33 heavy (non-hydrogen) atoms. The Balaban J connectivity index is 1.44. The summed E-state index contributed by atoms with van der Waals surface area (Å²) in [4.78, 5) is 14.2. The third-order valence-electron chi connectivity index (χ3n) is 5.86. The third kappa shape index (κ3) is 4.64. The van der Waals surface area contributed by atoms with Crippen molar-refractivity contribution in [2.45, 2.75) is 23.0 Å². The minimum absolute atomic E-state index is 0.170. The summed E-state index contributed by atoms with van der Waals surface area (Å²) in [6, 6.07) is 18.4. The molecule has 1 aliphatic rings. The number of benzene rings is 3. The van der Waals surface area contributed by atoms with E-state index in [4.69, 9.17) is 5.26 Å². The number of likely N-dealkylation sites (tertiary alicyclic amines) is 1. The molecule has 4 rings (SSSR count). The zero-order valence-electron chi connectivity index (χ0n) is 17.5. The van der Waals surface area contributed by atoms with Gasteiger partial charge >= 0.3 is 0 Å². The van der Waals surface area contributed by atoms with E-state index in [1.54, 1.807) is 48.5 Å². The Bertz CT molecular complexity index is 1320. The van der Waals surface area contributed by atoms with Crippen LogP contribution in [-0.2, 0) is 9.84 Å². The molecule has 0 atom stereocenters. The Hall–Kier alpha value is -3.57. The van der Waals surface area contributed by atoms with Crippen molar-refractivity contribution < 1.29 is 22.0 Å². The number of hydrogen-bond acceptors (Lipinski definition) is 4. The summed E-state index contributed by atoms with van der Waals surface area (Å²) in [6.07, 6.45) is 0.461. The predicted octanol–water partition coefficient (Wildman–Crippen LogP) is 4.58. The molecule has 0 N–H and O–H groups in total. The second kappa shape index (κ2) is 9.12. The van der Waals surface area contributed by atoms with E-state index in [1.807, 2.05) is 0 Å². The predicted molar refractivity (Wildman–Crippen MR) is 119 cm³/mol. The van der Waals surface area contributed by atoms with E-state index < -0.39 is 32.6 Å². The van der Waals surface area contributed by atoms with Crippen LogP contribution in [0.25, 0.3) is 11.1 Å². The molecule has 1 amide bonds. The van der Waals surface area contributed by atoms with Crippen LogP contribution in [0, 0.1) is 23.0 Å². The highest BCUT2D eigenvalue weighted by atomic mass is 32.2. The van der Waals surface area contributed by atoms with E-state index >= 15 is 0 Å². The number of halogens is 2. The number of amides is 1. The lowest BCUT2D eigenvalue weighted by molar-refractivity contribution is 0.0721. The summed E-state index contributed by atoms with van der Waals surface area (Å²) < 4.78 is 53.3. The van der Waals surface area contributed by atoms with Gasteiger partial charge < -0.3 is 4.90 Å². The van der Waals surface area contributed by atoms with Crippen LogP contribution in [0.3, 0.4) is 0 Å². The molecule has 0 aromatic heterocycles. The highest BCUT2D eigenvalue weighted by molar-refractivity contribution is 7.92. The molecule has 0 radical (unpaired) electrons. The molecule has 8 heteroatoms. The number of carbonyl (C=O) groups is 1. The fourth-order valence-electron chi connectivity index (χ4n) is 3.97. The lowest BCUT2D eigenvalue weighted by Crippen LogP contribution is -2.42. The fourth-order valence-corrected chi connectivity index (χ4v) is 5.70. The van der Waals surface area contributed by atoms with Crippen LogP contribution in [-0.4, -0.2) is 37.6 Å². The zero-order valence-corrected chi connectivity index (χ0v) is 18.4. The molecular formula is C25H20F2N2O3S. The molecule has 0 saturated carbocycles. The molecule has 1 heterocycles. The van der Waals surface area contributed by atoms with E-state index in [9.17, 15) is 22.0 Å². The number of carbonyl (C=O) groups excluding carboxylic acids is 1. The molecule has 0 aliphatic carbocycles. The number of hydrogen-bond donors (Lipinski definition) is 0. The summed E-state index contributed by atoms with van der Waals surface area (Å²) in [7, 11) is -3.60. The van der Waals surface area contributed by atoms with Gasteiger partial charge in [-0.25, -0.2) is 17.2 Å². The largest absolute Gasteiger partial charge is 0.338 e. The van der Waals surface area contributed by atoms with Crippen LogP contribution in [0.4, 0.5) is 8.78 Å². The number of nitrogens with zero attached hydrogens (tertiary/aromatic N) is 2. The standard InChI is InChI=1S/C25H20F2N2O3S/c26-20-7-10-23(24(27)15-20)25(30)29-13-11-22(12-14-29)33(31,32)21-8-5-19(6-9-21)18-3-1-17(16-28)2-4-18/h1-10,15,22H,11-14H2. The molecule has 0 spiro atoms. The van der Waals surface area contributed by atoms with Gasteiger partial charge in [-0.15, -0.1) is 0 Å². The van der Waals surface area contributed by atoms with Gasteiger partial charge in [-0.3, -0.25) is 4.79 Å². The smallest absolute Gasteiger partial charge is 0.256 e. The van der Waals surface area contributed by atoms with Gasteiger partial charge in [0.05, 0.1) is 27.3 Å². The number of nitriles is 1. The van der Waals surface area contributed by atoms with E-state index in [0.29, 0.717) is 11.6 Å². The average Bonchev–Trinajstić information content (AvgIpc) is 2.84. The first kappa shape index (κ1) is 22.6. The minimum Gasteiger partial charge on any atom is -0.338 e. The fraction of sp³-hybridized carbons (Fsp3) is 0.200. The maximum atomic E-state index is 13.9. The van der Waals surface area contributed by atoms with Gasteiger partial charge in [0.2, 0.25) is 0 Å². The maximum absolute atomic E-state index is 13.9. The van der Waals surface area contributed by atoms with Crippen molar-refractivity contribution in [2.24, 2.45) is 0 Å². The van der Waals surface area contributed by atoms with Crippen LogP contribution < -0.4 is 0 Å². The van der Waals surface area contributed by atoms with Gasteiger partial charge in [0.15, 0.2) is 9.84 Å². The van der Waals surface area contributed by atoms with Gasteiger partial charge in [-0.05, 0) is 60.4 Å². The van der Waals surface area contributed by atoms with E-state index in [2.05, 4.69) is 6.07 Å². The summed E-state index contributed by atoms with van der Waals surface area (Å²) in [6.45, 7) is 0.339. The van der Waals surface area contributed by atoms with Gasteiger partial charge in [0, 0.05) is 19.2 Å². The normalized spacial score (nSPS) is 14.6. The number of rotatable bonds is 4. The third-order valence-corrected chi connectivity index (χ3v) is 8.14. The second-order valence-corrected chi connectivity index (χ2v) is 10.1. The van der Waals surface area contributed by atoms with Crippen molar-refractivity contribution in [3.05, 3.63) is 89.5 Å². The quantitative estimate of drug-likeness (QED) is 0.564. The molecule has 1 aliphatic heterocycles. The molecule has 168 valence electrons. The van der Waals surface area contributed by atoms with Crippen molar-refractivity contribution >= 4 is 15.7 Å². The van der Waals surface area contributed by atoms with Crippen LogP contribution in [0.5, 0.6) is 0 Å². The number of piperidine rings is 1. The van der Waals surface area contributed by atoms with E-state index in [0.717, 1.165) is 23.3 Å². The Morgan fingerprint density at radius 1 is 0.909 bits per heavy atom. The molecule has 5 nitrogen and oxygen atoms in total. The monoisotopic (exact) mass is 466 g/mol. The zero-order chi connectivity index (χ0) is 23.6. The minimum atomic E-state index is -3.60. The highest BCUT2D eigenvalue weighted by Gasteiger charge is 2.33. The molecular weight excluding hydrogens is 446 g/mol. The average molecular weight is 467 g/mol. The van der Waals surface area contributed by atoms with Crippen LogP contribution in [0.15, 0.2) is 71.6 Å². The van der Waals surface area contributed by atoms with Crippen molar-refractivity contribution in [1.29, 1.82) is 5.26 Å². The van der Waals surface area contributed by atoms with Gasteiger partial charge in [-0.1, -0.05) is 24.3 Å². The van der Waals surface area contributed by atoms with Gasteiger partial charge in [-0.2, -0.15) is 5.26 Å². The van der Waals surface area contributed by atoms with Crippen LogP contribution in [0.2, 0.25) is 0 Å². The first-order valence-electron chi connectivity index (χ1n) is 10.4. The first-order chi connectivity index (χ1) is 15.8. The molecule has 3 aromatic carbocycles. The Kier molecular flexibility index (Phi) is 6.25. The molecule has 1 fully saturated rings. The second-order valence-electron chi connectivity index (χ2n) is 7.87. The molecule has 1 saturated heterocycles. The van der Waals surface area contributed by atoms with Crippen molar-refractivity contribution in [1.82, 2.24) is 4.90 Å². The Morgan fingerprint density at radius 2 is 1.48 bits per heavy atom. The summed E-state index contributed by atoms with van der Waals surface area (Å²) in [5, 5.41) is 8.25. The van der Waals surface area contributed by atoms with Crippen molar-refractivity contribution in [2.75, 3.05) is 13.1 Å². The van der Waals surface area contributed by atoms with Gasteiger partial charge in [0.1, 0.15) is 11.6 Å². The lowest BCUT2D eigenvalue weighted by atomic mass is 10.0. The number of sulfone groups is 1. The SMILES string of the molecule is N#Cc1ccc(-c2ccc(S(=O)(=O)C3CCN(C(=O)c4ccc(F)cc4F)CC3)cc2)cc1. The Morgan fingerprint density at radius 3 is 2.03 bits per heavy atom. The maximum Gasteiger partial charge on any atom is 0.256 e. The van der Waals surface area contributed by atoms with Crippen LogP contribution >= 0.6 is 0 Å². The van der Waals surface area contributed by atoms with Crippen LogP contribution in [0.1, 0.15) is 28.8 Å². The van der Waals surface area contributed by atoms with E-state index in [1.165, 1.54) is 4.90 Å². The van der Waals surface area contributed by atoms with Crippen molar-refractivity contribution in [3.8, 4) is 17.2 Å². The lowest BCUT2D eigenvalue weighted by Gasteiger charge is -2.32. The Labute approximate surface area is 190 Å². The molecule has 0 unspecified atom stereocenters. The summed E-state index contributed by atoms with van der Waals surface area (Å²) in [5.41, 5.74) is 2.03. The highest BCUT2D eigenvalue weighted by Crippen LogP contribution is 2.28.